The average molecular weight is 214 g/mol. The topological polar surface area (TPSA) is 78.4 Å². The van der Waals surface area contributed by atoms with Crippen LogP contribution in [0.2, 0.25) is 0 Å². The van der Waals surface area contributed by atoms with E-state index in [-0.39, 0.29) is 18.5 Å². The lowest BCUT2D eigenvalue weighted by molar-refractivity contribution is -0.142. The number of hydrogen-bond acceptors (Lipinski definition) is 3. The molecular formula is C10H18N2O3. The molecule has 0 aromatic carbocycles. The molecule has 2 unspecified atom stereocenters. The fourth-order valence-electron chi connectivity index (χ4n) is 0.932. The Balaban J connectivity index is 3.85. The number of carboxylic acids is 1. The third-order valence-corrected chi connectivity index (χ3v) is 2.10. The third kappa shape index (κ3) is 5.85. The summed E-state index contributed by atoms with van der Waals surface area (Å²) in [6.07, 6.45) is 1.65. The molecule has 0 aliphatic carbocycles. The van der Waals surface area contributed by atoms with Crippen molar-refractivity contribution in [1.82, 2.24) is 10.6 Å². The maximum absolute atomic E-state index is 11.3. The van der Waals surface area contributed by atoms with Crippen LogP contribution in [0, 0.1) is 5.92 Å². The first-order valence-electron chi connectivity index (χ1n) is 4.82. The standard InChI is InChI=1S/C10H18N2O3/c1-4-5-11-6-9(13)12-8(3)7(2)10(14)15/h4,7-8,11H,1,5-6H2,2-3H3,(H,12,13)(H,14,15). The molecule has 0 saturated heterocycles. The van der Waals surface area contributed by atoms with Crippen LogP contribution in [0.3, 0.4) is 0 Å². The highest BCUT2D eigenvalue weighted by Gasteiger charge is 2.20. The summed E-state index contributed by atoms with van der Waals surface area (Å²) in [6, 6.07) is -0.375. The van der Waals surface area contributed by atoms with Gasteiger partial charge in [0, 0.05) is 12.6 Å². The molecule has 2 atom stereocenters. The van der Waals surface area contributed by atoms with Crippen LogP contribution in [0.25, 0.3) is 0 Å². The van der Waals surface area contributed by atoms with Crippen LogP contribution in [0.1, 0.15) is 13.8 Å². The SMILES string of the molecule is C=CCNCC(=O)NC(C)C(C)C(=O)O. The Hall–Kier alpha value is -1.36. The Morgan fingerprint density at radius 1 is 1.47 bits per heavy atom. The number of hydrogen-bond donors (Lipinski definition) is 3. The van der Waals surface area contributed by atoms with Gasteiger partial charge in [-0.2, -0.15) is 0 Å². The van der Waals surface area contributed by atoms with E-state index in [4.69, 9.17) is 5.11 Å². The Morgan fingerprint density at radius 3 is 2.53 bits per heavy atom. The fraction of sp³-hybridized carbons (Fsp3) is 0.600. The number of amides is 1. The van der Waals surface area contributed by atoms with Gasteiger partial charge in [0.1, 0.15) is 0 Å². The predicted octanol–water partition coefficient (Wildman–Crippen LogP) is -0.0126. The summed E-state index contributed by atoms with van der Waals surface area (Å²) in [5.41, 5.74) is 0. The molecule has 0 aliphatic heterocycles. The summed E-state index contributed by atoms with van der Waals surface area (Å²) in [6.45, 7) is 7.45. The number of carbonyl (C=O) groups excluding carboxylic acids is 1. The monoisotopic (exact) mass is 214 g/mol. The van der Waals surface area contributed by atoms with E-state index in [0.29, 0.717) is 6.54 Å². The van der Waals surface area contributed by atoms with E-state index in [2.05, 4.69) is 17.2 Å². The second-order valence-corrected chi connectivity index (χ2v) is 3.40. The normalized spacial score (nSPS) is 14.0. The molecule has 1 amide bonds. The maximum atomic E-state index is 11.3. The molecule has 0 saturated carbocycles. The lowest BCUT2D eigenvalue weighted by Gasteiger charge is -2.17. The number of carboxylic acid groups (broad SMARTS) is 1. The first-order valence-corrected chi connectivity index (χ1v) is 4.82. The van der Waals surface area contributed by atoms with E-state index in [0.717, 1.165) is 0 Å². The highest BCUT2D eigenvalue weighted by atomic mass is 16.4. The Morgan fingerprint density at radius 2 is 2.07 bits per heavy atom. The van der Waals surface area contributed by atoms with Crippen LogP contribution >= 0.6 is 0 Å². The van der Waals surface area contributed by atoms with E-state index in [1.54, 1.807) is 19.9 Å². The van der Waals surface area contributed by atoms with E-state index >= 15 is 0 Å². The van der Waals surface area contributed by atoms with Crippen LogP contribution in [0.4, 0.5) is 0 Å². The number of nitrogens with one attached hydrogen (secondary N) is 2. The van der Waals surface area contributed by atoms with Crippen molar-refractivity contribution in [3.63, 3.8) is 0 Å². The van der Waals surface area contributed by atoms with Crippen LogP contribution in [-0.2, 0) is 9.59 Å². The second kappa shape index (κ2) is 7.00. The van der Waals surface area contributed by atoms with Crippen molar-refractivity contribution in [2.45, 2.75) is 19.9 Å². The molecule has 0 radical (unpaired) electrons. The zero-order chi connectivity index (χ0) is 11.8. The van der Waals surface area contributed by atoms with Crippen LogP contribution in [0.5, 0.6) is 0 Å². The van der Waals surface area contributed by atoms with Gasteiger partial charge in [-0.1, -0.05) is 6.08 Å². The van der Waals surface area contributed by atoms with Gasteiger partial charge in [-0.25, -0.2) is 0 Å². The lowest BCUT2D eigenvalue weighted by atomic mass is 10.0. The summed E-state index contributed by atoms with van der Waals surface area (Å²) < 4.78 is 0. The first kappa shape index (κ1) is 13.6. The molecule has 0 aliphatic rings. The van der Waals surface area contributed by atoms with Crippen molar-refractivity contribution in [3.05, 3.63) is 12.7 Å². The van der Waals surface area contributed by atoms with Crippen molar-refractivity contribution in [1.29, 1.82) is 0 Å². The number of rotatable bonds is 7. The highest BCUT2D eigenvalue weighted by molar-refractivity contribution is 5.79. The van der Waals surface area contributed by atoms with Crippen molar-refractivity contribution in [3.8, 4) is 0 Å². The van der Waals surface area contributed by atoms with E-state index in [1.807, 2.05) is 0 Å². The molecule has 5 heteroatoms. The zero-order valence-electron chi connectivity index (χ0n) is 9.12. The predicted molar refractivity (Wildman–Crippen MR) is 57.5 cm³/mol. The van der Waals surface area contributed by atoms with Gasteiger partial charge < -0.3 is 15.7 Å². The largest absolute Gasteiger partial charge is 0.481 e. The van der Waals surface area contributed by atoms with Crippen LogP contribution in [-0.4, -0.2) is 36.1 Å². The van der Waals surface area contributed by atoms with Gasteiger partial charge >= 0.3 is 5.97 Å². The molecule has 0 bridgehead atoms. The van der Waals surface area contributed by atoms with E-state index in [1.165, 1.54) is 0 Å². The van der Waals surface area contributed by atoms with Gasteiger partial charge in [0.2, 0.25) is 5.91 Å². The Labute approximate surface area is 89.6 Å². The summed E-state index contributed by atoms with van der Waals surface area (Å²) in [4.78, 5) is 21.9. The molecule has 0 spiro atoms. The molecule has 0 fully saturated rings. The first-order chi connectivity index (χ1) is 6.99. The molecule has 15 heavy (non-hydrogen) atoms. The smallest absolute Gasteiger partial charge is 0.308 e. The van der Waals surface area contributed by atoms with Gasteiger partial charge in [0.05, 0.1) is 12.5 Å². The maximum Gasteiger partial charge on any atom is 0.308 e. The van der Waals surface area contributed by atoms with Gasteiger partial charge in [-0.05, 0) is 13.8 Å². The Kier molecular flexibility index (Phi) is 6.37. The van der Waals surface area contributed by atoms with E-state index in [9.17, 15) is 9.59 Å². The number of aliphatic carboxylic acids is 1. The fourth-order valence-corrected chi connectivity index (χ4v) is 0.932. The van der Waals surface area contributed by atoms with Crippen molar-refractivity contribution in [2.75, 3.05) is 13.1 Å². The van der Waals surface area contributed by atoms with Crippen LogP contribution in [0.15, 0.2) is 12.7 Å². The Bertz CT molecular complexity index is 241. The molecule has 0 rings (SSSR count). The molecule has 0 heterocycles. The zero-order valence-corrected chi connectivity index (χ0v) is 9.12. The molecule has 86 valence electrons. The van der Waals surface area contributed by atoms with Gasteiger partial charge in [0.15, 0.2) is 0 Å². The summed E-state index contributed by atoms with van der Waals surface area (Å²) >= 11 is 0. The molecule has 0 aromatic heterocycles. The minimum absolute atomic E-state index is 0.169. The quantitative estimate of drug-likeness (QED) is 0.411. The number of carbonyl (C=O) groups is 2. The summed E-state index contributed by atoms with van der Waals surface area (Å²) in [5.74, 6) is -1.72. The lowest BCUT2D eigenvalue weighted by Crippen LogP contribution is -2.43. The van der Waals surface area contributed by atoms with Gasteiger partial charge in [-0.3, -0.25) is 9.59 Å². The van der Waals surface area contributed by atoms with Crippen molar-refractivity contribution in [2.24, 2.45) is 5.92 Å². The van der Waals surface area contributed by atoms with Crippen molar-refractivity contribution >= 4 is 11.9 Å². The van der Waals surface area contributed by atoms with Gasteiger partial charge in [0.25, 0.3) is 0 Å². The second-order valence-electron chi connectivity index (χ2n) is 3.40. The van der Waals surface area contributed by atoms with E-state index < -0.39 is 11.9 Å². The molecule has 3 N–H and O–H groups in total. The summed E-state index contributed by atoms with van der Waals surface area (Å²) in [5, 5.41) is 14.1. The highest BCUT2D eigenvalue weighted by Crippen LogP contribution is 2.01. The van der Waals surface area contributed by atoms with Gasteiger partial charge in [-0.15, -0.1) is 6.58 Å². The minimum Gasteiger partial charge on any atom is -0.481 e. The third-order valence-electron chi connectivity index (χ3n) is 2.10. The molecule has 5 nitrogen and oxygen atoms in total. The molecular weight excluding hydrogens is 196 g/mol. The molecule has 0 aromatic rings. The van der Waals surface area contributed by atoms with Crippen molar-refractivity contribution < 1.29 is 14.7 Å². The minimum atomic E-state index is -0.915. The summed E-state index contributed by atoms with van der Waals surface area (Å²) in [7, 11) is 0. The average Bonchev–Trinajstić information content (AvgIpc) is 2.16. The van der Waals surface area contributed by atoms with Crippen LogP contribution < -0.4 is 10.6 Å².